The Labute approximate surface area is 172 Å². The Morgan fingerprint density at radius 2 is 2.14 bits per heavy atom. The molecule has 0 N–H and O–H groups in total. The minimum Gasteiger partial charge on any atom is -0.465 e. The summed E-state index contributed by atoms with van der Waals surface area (Å²) in [4.78, 5) is 21.5. The van der Waals surface area contributed by atoms with Gasteiger partial charge in [-0.3, -0.25) is 4.90 Å². The van der Waals surface area contributed by atoms with E-state index in [9.17, 15) is 10.1 Å². The van der Waals surface area contributed by atoms with Gasteiger partial charge in [0.05, 0.1) is 37.1 Å². The number of hydrogen-bond acceptors (Lipinski definition) is 7. The van der Waals surface area contributed by atoms with Crippen molar-refractivity contribution in [2.75, 3.05) is 57.9 Å². The lowest BCUT2D eigenvalue weighted by Gasteiger charge is -2.58. The van der Waals surface area contributed by atoms with Gasteiger partial charge in [-0.05, 0) is 30.7 Å². The van der Waals surface area contributed by atoms with E-state index in [4.69, 9.17) is 9.47 Å². The minimum atomic E-state index is -0.454. The van der Waals surface area contributed by atoms with Crippen LogP contribution in [0.4, 0.5) is 5.82 Å². The van der Waals surface area contributed by atoms with Crippen molar-refractivity contribution in [2.45, 2.75) is 27.2 Å². The number of aryl methyl sites for hydroxylation is 1. The van der Waals surface area contributed by atoms with Gasteiger partial charge in [-0.15, -0.1) is 0 Å². The quantitative estimate of drug-likeness (QED) is 0.720. The van der Waals surface area contributed by atoms with Crippen molar-refractivity contribution in [3.05, 3.63) is 22.9 Å². The standard InChI is InChI=1S/C22H30N4O3/c1-15-17(20(27)28-4)9-16(10-23)19(24-15)26-11-18-21(2,3)12-22(18,14-26)13-25-5-7-29-8-6-25/h9,18H,5-8,11-14H2,1-4H3/t18-,22+/m1/s1. The van der Waals surface area contributed by atoms with Gasteiger partial charge in [-0.25, -0.2) is 9.78 Å². The van der Waals surface area contributed by atoms with E-state index in [1.54, 1.807) is 13.0 Å². The van der Waals surface area contributed by atoms with E-state index in [0.29, 0.717) is 28.6 Å². The number of esters is 1. The average Bonchev–Trinajstić information content (AvgIpc) is 3.02. The Bertz CT molecular complexity index is 856. The average molecular weight is 399 g/mol. The number of fused-ring (bicyclic) bond motifs is 1. The third-order valence-corrected chi connectivity index (χ3v) is 7.06. The first-order valence-corrected chi connectivity index (χ1v) is 10.3. The van der Waals surface area contributed by atoms with Crippen molar-refractivity contribution in [1.82, 2.24) is 9.88 Å². The molecular formula is C22H30N4O3. The van der Waals surface area contributed by atoms with Crippen LogP contribution < -0.4 is 4.90 Å². The predicted molar refractivity (Wildman–Crippen MR) is 109 cm³/mol. The molecule has 4 rings (SSSR count). The highest BCUT2D eigenvalue weighted by molar-refractivity contribution is 5.91. The molecular weight excluding hydrogens is 368 g/mol. The molecule has 29 heavy (non-hydrogen) atoms. The van der Waals surface area contributed by atoms with Crippen molar-refractivity contribution in [3.63, 3.8) is 0 Å². The van der Waals surface area contributed by atoms with Crippen LogP contribution in [0.3, 0.4) is 0 Å². The van der Waals surface area contributed by atoms with Crippen LogP contribution >= 0.6 is 0 Å². The van der Waals surface area contributed by atoms with Crippen LogP contribution in [0.1, 0.15) is 41.9 Å². The third kappa shape index (κ3) is 3.38. The van der Waals surface area contributed by atoms with Crippen molar-refractivity contribution < 1.29 is 14.3 Å². The summed E-state index contributed by atoms with van der Waals surface area (Å²) in [6.45, 7) is 13.0. The summed E-state index contributed by atoms with van der Waals surface area (Å²) in [5.74, 6) is 0.806. The van der Waals surface area contributed by atoms with Gasteiger partial charge >= 0.3 is 5.97 Å². The number of carbonyl (C=O) groups is 1. The molecule has 2 atom stereocenters. The number of ether oxygens (including phenoxy) is 2. The lowest BCUT2D eigenvalue weighted by atomic mass is 9.48. The molecule has 0 unspecified atom stereocenters. The van der Waals surface area contributed by atoms with Gasteiger partial charge in [-0.2, -0.15) is 5.26 Å². The van der Waals surface area contributed by atoms with Crippen LogP contribution in [-0.2, 0) is 9.47 Å². The van der Waals surface area contributed by atoms with E-state index in [-0.39, 0.29) is 10.8 Å². The predicted octanol–water partition coefficient (Wildman–Crippen LogP) is 2.23. The summed E-state index contributed by atoms with van der Waals surface area (Å²) in [5, 5.41) is 9.73. The van der Waals surface area contributed by atoms with Crippen molar-refractivity contribution >= 4 is 11.8 Å². The number of nitrogens with zero attached hydrogens (tertiary/aromatic N) is 4. The van der Waals surface area contributed by atoms with Crippen LogP contribution in [0.15, 0.2) is 6.07 Å². The maximum absolute atomic E-state index is 12.0. The normalized spacial score (nSPS) is 28.4. The molecule has 3 aliphatic rings. The Morgan fingerprint density at radius 3 is 2.76 bits per heavy atom. The Kier molecular flexibility index (Phi) is 5.04. The van der Waals surface area contributed by atoms with Gasteiger partial charge in [0.2, 0.25) is 0 Å². The highest BCUT2D eigenvalue weighted by Gasteiger charge is 2.63. The van der Waals surface area contributed by atoms with Crippen molar-refractivity contribution in [1.29, 1.82) is 5.26 Å². The second-order valence-electron chi connectivity index (χ2n) is 9.45. The number of methoxy groups -OCH3 is 1. The number of anilines is 1. The Hall–Kier alpha value is -2.17. The highest BCUT2D eigenvalue weighted by Crippen LogP contribution is 2.63. The molecule has 1 aromatic rings. The van der Waals surface area contributed by atoms with Gasteiger partial charge in [0.1, 0.15) is 11.9 Å². The Morgan fingerprint density at radius 1 is 1.41 bits per heavy atom. The van der Waals surface area contributed by atoms with E-state index in [2.05, 4.69) is 34.7 Å². The monoisotopic (exact) mass is 398 g/mol. The molecule has 3 heterocycles. The third-order valence-electron chi connectivity index (χ3n) is 7.06. The maximum Gasteiger partial charge on any atom is 0.339 e. The SMILES string of the molecule is COC(=O)c1cc(C#N)c(N2C[C@@H]3C(C)(C)C[C@]3(CN3CCOCC3)C2)nc1C. The molecule has 0 radical (unpaired) electrons. The Balaban J connectivity index is 1.62. The topological polar surface area (TPSA) is 78.7 Å². The highest BCUT2D eigenvalue weighted by atomic mass is 16.5. The number of aromatic nitrogens is 1. The van der Waals surface area contributed by atoms with E-state index in [1.165, 1.54) is 13.5 Å². The van der Waals surface area contributed by atoms with Crippen molar-refractivity contribution in [2.24, 2.45) is 16.7 Å². The smallest absolute Gasteiger partial charge is 0.339 e. The fourth-order valence-electron chi connectivity index (χ4n) is 5.94. The van der Waals surface area contributed by atoms with Crippen LogP contribution in [0.2, 0.25) is 0 Å². The van der Waals surface area contributed by atoms with Gasteiger partial charge in [-0.1, -0.05) is 13.8 Å². The summed E-state index contributed by atoms with van der Waals surface area (Å²) in [5.41, 5.74) is 1.92. The molecule has 0 spiro atoms. The number of pyridine rings is 1. The van der Waals surface area contributed by atoms with E-state index in [0.717, 1.165) is 45.9 Å². The molecule has 1 aromatic heterocycles. The molecule has 2 saturated heterocycles. The molecule has 1 saturated carbocycles. The van der Waals surface area contributed by atoms with E-state index in [1.807, 2.05) is 0 Å². The maximum atomic E-state index is 12.0. The van der Waals surface area contributed by atoms with E-state index >= 15 is 0 Å². The van der Waals surface area contributed by atoms with Crippen LogP contribution in [0, 0.1) is 35.0 Å². The summed E-state index contributed by atoms with van der Waals surface area (Å²) < 4.78 is 10.4. The molecule has 3 fully saturated rings. The molecule has 1 aliphatic carbocycles. The summed E-state index contributed by atoms with van der Waals surface area (Å²) in [7, 11) is 1.34. The number of rotatable bonds is 4. The fourth-order valence-corrected chi connectivity index (χ4v) is 5.94. The minimum absolute atomic E-state index is 0.226. The summed E-state index contributed by atoms with van der Waals surface area (Å²) in [6.07, 6.45) is 1.18. The first kappa shape index (κ1) is 20.1. The van der Waals surface area contributed by atoms with Crippen molar-refractivity contribution in [3.8, 4) is 6.07 Å². The first-order valence-electron chi connectivity index (χ1n) is 10.3. The second-order valence-corrected chi connectivity index (χ2v) is 9.45. The van der Waals surface area contributed by atoms with Gasteiger partial charge in [0, 0.05) is 38.1 Å². The van der Waals surface area contributed by atoms with E-state index < -0.39 is 5.97 Å². The molecule has 0 bridgehead atoms. The van der Waals surface area contributed by atoms with Gasteiger partial charge in [0.25, 0.3) is 0 Å². The summed E-state index contributed by atoms with van der Waals surface area (Å²) >= 11 is 0. The molecule has 7 heteroatoms. The molecule has 0 amide bonds. The van der Waals surface area contributed by atoms with Gasteiger partial charge in [0.15, 0.2) is 0 Å². The molecule has 2 aliphatic heterocycles. The lowest BCUT2D eigenvalue weighted by molar-refractivity contribution is -0.0963. The van der Waals surface area contributed by atoms with Gasteiger partial charge < -0.3 is 14.4 Å². The van der Waals surface area contributed by atoms with Crippen LogP contribution in [0.25, 0.3) is 0 Å². The zero-order valence-corrected chi connectivity index (χ0v) is 17.8. The second kappa shape index (κ2) is 7.26. The number of hydrogen-bond donors (Lipinski definition) is 0. The molecule has 156 valence electrons. The van der Waals surface area contributed by atoms with Crippen LogP contribution in [0.5, 0.6) is 0 Å². The number of carbonyl (C=O) groups excluding carboxylic acids is 1. The number of nitriles is 1. The zero-order valence-electron chi connectivity index (χ0n) is 17.8. The first-order chi connectivity index (χ1) is 13.8. The lowest BCUT2D eigenvalue weighted by Crippen LogP contribution is -2.59. The fraction of sp³-hybridized carbons (Fsp3) is 0.682. The molecule has 7 nitrogen and oxygen atoms in total. The number of morpholine rings is 1. The van der Waals surface area contributed by atoms with Crippen LogP contribution in [-0.4, -0.2) is 68.9 Å². The zero-order chi connectivity index (χ0) is 20.8. The largest absolute Gasteiger partial charge is 0.465 e. The molecule has 0 aromatic carbocycles. The summed E-state index contributed by atoms with van der Waals surface area (Å²) in [6, 6.07) is 3.87.